The van der Waals surface area contributed by atoms with Gasteiger partial charge in [0, 0.05) is 26.6 Å². The molecule has 25 heavy (non-hydrogen) atoms. The first-order chi connectivity index (χ1) is 12.0. The van der Waals surface area contributed by atoms with Crippen molar-refractivity contribution in [2.45, 2.75) is 26.4 Å². The molecule has 0 saturated carbocycles. The number of hydrogen-bond donors (Lipinski definition) is 1. The number of fused-ring (bicyclic) bond motifs is 1. The zero-order chi connectivity index (χ0) is 18.0. The smallest absolute Gasteiger partial charge is 0.328 e. The Kier molecular flexibility index (Phi) is 4.70. The summed E-state index contributed by atoms with van der Waals surface area (Å²) in [4.78, 5) is 24.4. The van der Waals surface area contributed by atoms with Gasteiger partial charge in [0.2, 0.25) is 5.91 Å². The van der Waals surface area contributed by atoms with E-state index < -0.39 is 0 Å². The van der Waals surface area contributed by atoms with Crippen LogP contribution in [0, 0.1) is 12.7 Å². The minimum absolute atomic E-state index is 0.136. The molecule has 0 aliphatic carbocycles. The lowest BCUT2D eigenvalue weighted by atomic mass is 10.1. The summed E-state index contributed by atoms with van der Waals surface area (Å²) in [7, 11) is 1.72. The average Bonchev–Trinajstić information content (AvgIpc) is 2.85. The number of nitrogens with one attached hydrogen (secondary N) is 1. The van der Waals surface area contributed by atoms with Gasteiger partial charge in [-0.2, -0.15) is 0 Å². The van der Waals surface area contributed by atoms with Crippen molar-refractivity contribution in [1.29, 1.82) is 0 Å². The van der Waals surface area contributed by atoms with Crippen LogP contribution >= 0.6 is 0 Å². The number of aryl methyl sites for hydroxylation is 3. The fourth-order valence-electron chi connectivity index (χ4n) is 2.90. The number of carbonyl (C=O) groups is 1. The molecule has 3 aromatic rings. The highest BCUT2D eigenvalue weighted by atomic mass is 19.1. The fraction of sp³-hybridized carbons (Fsp3) is 0.263. The summed E-state index contributed by atoms with van der Waals surface area (Å²) in [6, 6.07) is 12.3. The number of benzene rings is 2. The van der Waals surface area contributed by atoms with Gasteiger partial charge in [-0.05, 0) is 36.2 Å². The van der Waals surface area contributed by atoms with E-state index in [1.165, 1.54) is 6.07 Å². The number of rotatable bonds is 5. The first kappa shape index (κ1) is 17.0. The van der Waals surface area contributed by atoms with E-state index in [9.17, 15) is 14.0 Å². The summed E-state index contributed by atoms with van der Waals surface area (Å²) in [5.41, 5.74) is 2.92. The van der Waals surface area contributed by atoms with Crippen LogP contribution in [-0.2, 0) is 24.9 Å². The third-order valence-corrected chi connectivity index (χ3v) is 4.33. The topological polar surface area (TPSA) is 56.0 Å². The van der Waals surface area contributed by atoms with Crippen molar-refractivity contribution >= 4 is 16.9 Å². The second-order valence-electron chi connectivity index (χ2n) is 6.09. The maximum absolute atomic E-state index is 13.3. The van der Waals surface area contributed by atoms with Gasteiger partial charge in [-0.1, -0.05) is 24.3 Å². The van der Waals surface area contributed by atoms with Gasteiger partial charge in [0.05, 0.1) is 11.0 Å². The molecule has 0 atom stereocenters. The van der Waals surface area contributed by atoms with Gasteiger partial charge in [-0.15, -0.1) is 0 Å². The van der Waals surface area contributed by atoms with Crippen LogP contribution in [0.5, 0.6) is 0 Å². The van der Waals surface area contributed by atoms with Gasteiger partial charge in [0.1, 0.15) is 5.82 Å². The van der Waals surface area contributed by atoms with E-state index in [-0.39, 0.29) is 23.8 Å². The fourth-order valence-corrected chi connectivity index (χ4v) is 2.90. The van der Waals surface area contributed by atoms with E-state index in [4.69, 9.17) is 0 Å². The molecule has 0 spiro atoms. The molecule has 0 unspecified atom stereocenters. The van der Waals surface area contributed by atoms with Gasteiger partial charge < -0.3 is 5.32 Å². The van der Waals surface area contributed by atoms with E-state index in [1.54, 1.807) is 35.2 Å². The van der Waals surface area contributed by atoms with Gasteiger partial charge in [0.25, 0.3) is 0 Å². The Bertz CT molecular complexity index is 988. The first-order valence-corrected chi connectivity index (χ1v) is 8.13. The first-order valence-electron chi connectivity index (χ1n) is 8.13. The Morgan fingerprint density at radius 3 is 2.60 bits per heavy atom. The largest absolute Gasteiger partial charge is 0.352 e. The molecule has 6 heteroatoms. The van der Waals surface area contributed by atoms with Gasteiger partial charge >= 0.3 is 5.69 Å². The van der Waals surface area contributed by atoms with Crippen LogP contribution in [0.2, 0.25) is 0 Å². The normalized spacial score (nSPS) is 11.0. The average molecular weight is 341 g/mol. The molecule has 1 aromatic heterocycles. The molecule has 2 aromatic carbocycles. The molecule has 0 bridgehead atoms. The summed E-state index contributed by atoms with van der Waals surface area (Å²) in [6.45, 7) is 2.34. The number of aromatic nitrogens is 2. The lowest BCUT2D eigenvalue weighted by Crippen LogP contribution is -2.27. The number of amides is 1. The molecule has 0 aliphatic rings. The van der Waals surface area contributed by atoms with Crippen LogP contribution < -0.4 is 11.0 Å². The highest BCUT2D eigenvalue weighted by Crippen LogP contribution is 2.12. The second-order valence-corrected chi connectivity index (χ2v) is 6.09. The minimum Gasteiger partial charge on any atom is -0.352 e. The minimum atomic E-state index is -0.259. The standard InChI is InChI=1S/C19H20FN3O2/c1-13-11-14(7-8-15(13)20)12-21-18(24)9-10-23-17-6-4-3-5-16(17)22(2)19(23)25/h3-8,11H,9-10,12H2,1-2H3,(H,21,24). The Labute approximate surface area is 144 Å². The molecule has 0 aliphatic heterocycles. The van der Waals surface area contributed by atoms with Crippen LogP contribution in [-0.4, -0.2) is 15.0 Å². The molecule has 3 rings (SSSR count). The highest BCUT2D eigenvalue weighted by Gasteiger charge is 2.11. The quantitative estimate of drug-likeness (QED) is 0.775. The van der Waals surface area contributed by atoms with E-state index in [0.717, 1.165) is 16.6 Å². The Hall–Kier alpha value is -2.89. The van der Waals surface area contributed by atoms with Crippen molar-refractivity contribution in [3.05, 3.63) is 69.9 Å². The van der Waals surface area contributed by atoms with Crippen molar-refractivity contribution in [3.63, 3.8) is 0 Å². The van der Waals surface area contributed by atoms with Crippen LogP contribution in [0.3, 0.4) is 0 Å². The summed E-state index contributed by atoms with van der Waals surface area (Å²) in [6.07, 6.45) is 0.202. The molecule has 0 radical (unpaired) electrons. The predicted molar refractivity (Wildman–Crippen MR) is 94.8 cm³/mol. The molecule has 1 amide bonds. The monoisotopic (exact) mass is 341 g/mol. The molecule has 5 nitrogen and oxygen atoms in total. The number of halogens is 1. The molecule has 1 heterocycles. The molecule has 0 fully saturated rings. The second kappa shape index (κ2) is 6.93. The third-order valence-electron chi connectivity index (χ3n) is 4.33. The van der Waals surface area contributed by atoms with Crippen LogP contribution in [0.25, 0.3) is 11.0 Å². The Morgan fingerprint density at radius 1 is 1.16 bits per heavy atom. The van der Waals surface area contributed by atoms with Crippen LogP contribution in [0.4, 0.5) is 4.39 Å². The summed E-state index contributed by atoms with van der Waals surface area (Å²) < 4.78 is 16.4. The maximum atomic E-state index is 13.3. The van der Waals surface area contributed by atoms with Gasteiger partial charge in [0.15, 0.2) is 0 Å². The van der Waals surface area contributed by atoms with E-state index in [1.807, 2.05) is 24.3 Å². The van der Waals surface area contributed by atoms with E-state index in [0.29, 0.717) is 18.7 Å². The van der Waals surface area contributed by atoms with Crippen molar-refractivity contribution < 1.29 is 9.18 Å². The Balaban J connectivity index is 1.64. The number of imidazole rings is 1. The van der Waals surface area contributed by atoms with Crippen molar-refractivity contribution in [3.8, 4) is 0 Å². The van der Waals surface area contributed by atoms with Gasteiger partial charge in [-0.25, -0.2) is 9.18 Å². The number of carbonyl (C=O) groups excluding carboxylic acids is 1. The Morgan fingerprint density at radius 2 is 1.88 bits per heavy atom. The van der Waals surface area contributed by atoms with Crippen LogP contribution in [0.15, 0.2) is 47.3 Å². The van der Waals surface area contributed by atoms with Crippen molar-refractivity contribution in [2.75, 3.05) is 0 Å². The zero-order valence-electron chi connectivity index (χ0n) is 14.3. The molecular weight excluding hydrogens is 321 g/mol. The number of hydrogen-bond acceptors (Lipinski definition) is 2. The van der Waals surface area contributed by atoms with E-state index >= 15 is 0 Å². The maximum Gasteiger partial charge on any atom is 0.328 e. The summed E-state index contributed by atoms with van der Waals surface area (Å²) in [5.74, 6) is -0.410. The lowest BCUT2D eigenvalue weighted by molar-refractivity contribution is -0.121. The molecule has 0 saturated heterocycles. The van der Waals surface area contributed by atoms with Gasteiger partial charge in [-0.3, -0.25) is 13.9 Å². The zero-order valence-corrected chi connectivity index (χ0v) is 14.3. The molecule has 1 N–H and O–H groups in total. The third kappa shape index (κ3) is 3.47. The highest BCUT2D eigenvalue weighted by molar-refractivity contribution is 5.77. The van der Waals surface area contributed by atoms with Crippen molar-refractivity contribution in [1.82, 2.24) is 14.5 Å². The SMILES string of the molecule is Cc1cc(CNC(=O)CCn2c(=O)n(C)c3ccccc32)ccc1F. The summed E-state index contributed by atoms with van der Waals surface area (Å²) >= 11 is 0. The number of nitrogens with zero attached hydrogens (tertiary/aromatic N) is 2. The molecule has 130 valence electrons. The van der Waals surface area contributed by atoms with E-state index in [2.05, 4.69) is 5.32 Å². The van der Waals surface area contributed by atoms with Crippen LogP contribution in [0.1, 0.15) is 17.5 Å². The molecular formula is C19H20FN3O2. The predicted octanol–water partition coefficient (Wildman–Crippen LogP) is 2.49. The summed E-state index contributed by atoms with van der Waals surface area (Å²) in [5, 5.41) is 2.81. The lowest BCUT2D eigenvalue weighted by Gasteiger charge is -2.07. The van der Waals surface area contributed by atoms with Crippen molar-refractivity contribution in [2.24, 2.45) is 7.05 Å². The number of para-hydroxylation sites is 2.